The number of carboxylic acids is 1. The van der Waals surface area contributed by atoms with E-state index in [2.05, 4.69) is 15.9 Å². The third-order valence-electron chi connectivity index (χ3n) is 1.69. The van der Waals surface area contributed by atoms with Gasteiger partial charge in [0.1, 0.15) is 0 Å². The van der Waals surface area contributed by atoms with Crippen LogP contribution in [0.2, 0.25) is 0 Å². The van der Waals surface area contributed by atoms with Gasteiger partial charge in [0.15, 0.2) is 10.6 Å². The molecule has 1 aliphatic carbocycles. The smallest absolute Gasteiger partial charge is 0.324 e. The molecule has 0 aliphatic heterocycles. The van der Waals surface area contributed by atoms with Crippen molar-refractivity contribution in [3.63, 3.8) is 0 Å². The number of carboxylic acid groups (broad SMARTS) is 1. The summed E-state index contributed by atoms with van der Waals surface area (Å²) in [5.74, 6) is -0.836. The molecule has 1 saturated carbocycles. The maximum atomic E-state index is 11.0. The van der Waals surface area contributed by atoms with Gasteiger partial charge in [0, 0.05) is 6.42 Å². The van der Waals surface area contributed by atoms with E-state index in [0.717, 1.165) is 12.8 Å². The Labute approximate surface area is 72.9 Å². The van der Waals surface area contributed by atoms with Gasteiger partial charge in [-0.1, -0.05) is 15.9 Å². The molecule has 0 heterocycles. The Morgan fingerprint density at radius 3 is 2.45 bits per heavy atom. The number of hydrogen-bond donors (Lipinski definition) is 1. The van der Waals surface area contributed by atoms with Crippen molar-refractivity contribution in [1.29, 1.82) is 0 Å². The summed E-state index contributed by atoms with van der Waals surface area (Å²) in [5, 5.41) is 8.42. The van der Waals surface area contributed by atoms with E-state index in [4.69, 9.17) is 5.11 Å². The van der Waals surface area contributed by atoms with E-state index in [1.165, 1.54) is 0 Å². The van der Waals surface area contributed by atoms with E-state index >= 15 is 0 Å². The van der Waals surface area contributed by atoms with Crippen molar-refractivity contribution in [3.05, 3.63) is 0 Å². The maximum Gasteiger partial charge on any atom is 0.324 e. The molecule has 0 aromatic heterocycles. The van der Waals surface area contributed by atoms with Crippen molar-refractivity contribution in [1.82, 2.24) is 0 Å². The third kappa shape index (κ3) is 2.61. The Balaban J connectivity index is 2.32. The van der Waals surface area contributed by atoms with Crippen LogP contribution in [-0.2, 0) is 9.59 Å². The molecule has 0 bridgehead atoms. The number of carbonyl (C=O) groups is 2. The molecule has 4 heteroatoms. The summed E-state index contributed by atoms with van der Waals surface area (Å²) in [6.07, 6.45) is 2.57. The Bertz CT molecular complexity index is 186. The quantitative estimate of drug-likeness (QED) is 0.573. The predicted octanol–water partition coefficient (Wildman–Crippen LogP) is 1.20. The highest BCUT2D eigenvalue weighted by atomic mass is 79.9. The molecular weight excluding hydrogens is 212 g/mol. The van der Waals surface area contributed by atoms with Crippen LogP contribution in [0.4, 0.5) is 0 Å². The molecular formula is C7H9BrO3. The van der Waals surface area contributed by atoms with Crippen LogP contribution in [0.1, 0.15) is 19.3 Å². The van der Waals surface area contributed by atoms with Crippen LogP contribution in [0.5, 0.6) is 0 Å². The number of Topliss-reactive ketones (excluding diaryl/α,β-unsaturated/α-hetero) is 1. The van der Waals surface area contributed by atoms with Crippen molar-refractivity contribution in [2.45, 2.75) is 24.1 Å². The number of hydrogen-bond acceptors (Lipinski definition) is 2. The van der Waals surface area contributed by atoms with Crippen LogP contribution in [0.3, 0.4) is 0 Å². The van der Waals surface area contributed by atoms with E-state index in [1.54, 1.807) is 0 Å². The first kappa shape index (κ1) is 8.71. The Morgan fingerprint density at radius 2 is 2.09 bits per heavy atom. The Kier molecular flexibility index (Phi) is 2.65. The number of ketones is 1. The van der Waals surface area contributed by atoms with Gasteiger partial charge in [0.2, 0.25) is 0 Å². The van der Waals surface area contributed by atoms with Crippen LogP contribution in [0.25, 0.3) is 0 Å². The van der Waals surface area contributed by atoms with Gasteiger partial charge >= 0.3 is 5.97 Å². The van der Waals surface area contributed by atoms with E-state index in [9.17, 15) is 9.59 Å². The van der Waals surface area contributed by atoms with Crippen molar-refractivity contribution in [2.75, 3.05) is 0 Å². The lowest BCUT2D eigenvalue weighted by atomic mass is 10.1. The molecule has 1 N–H and O–H groups in total. The van der Waals surface area contributed by atoms with Crippen LogP contribution in [-0.4, -0.2) is 21.7 Å². The Hall–Kier alpha value is -0.380. The molecule has 0 spiro atoms. The molecule has 0 radical (unpaired) electrons. The first-order chi connectivity index (χ1) is 5.11. The fraction of sp³-hybridized carbons (Fsp3) is 0.714. The summed E-state index contributed by atoms with van der Waals surface area (Å²) in [7, 11) is 0. The van der Waals surface area contributed by atoms with Gasteiger partial charge in [-0.3, -0.25) is 9.59 Å². The second-order valence-electron chi connectivity index (χ2n) is 2.81. The lowest BCUT2D eigenvalue weighted by molar-refractivity contribution is -0.139. The average molecular weight is 221 g/mol. The molecule has 0 saturated heterocycles. The van der Waals surface area contributed by atoms with Gasteiger partial charge < -0.3 is 5.11 Å². The van der Waals surface area contributed by atoms with E-state index in [0.29, 0.717) is 12.3 Å². The summed E-state index contributed by atoms with van der Waals surface area (Å²) < 4.78 is 0. The minimum atomic E-state index is -1.09. The van der Waals surface area contributed by atoms with E-state index in [-0.39, 0.29) is 5.78 Å². The second kappa shape index (κ2) is 3.34. The van der Waals surface area contributed by atoms with Gasteiger partial charge in [-0.2, -0.15) is 0 Å². The fourth-order valence-corrected chi connectivity index (χ4v) is 1.03. The summed E-state index contributed by atoms with van der Waals surface area (Å²) in [5.41, 5.74) is 0. The Morgan fingerprint density at radius 1 is 1.55 bits per heavy atom. The number of halogens is 1. The molecule has 62 valence electrons. The standard InChI is InChI=1S/C7H9BrO3/c8-6(7(10)11)5(9)3-4-1-2-4/h4,6H,1-3H2,(H,10,11). The SMILES string of the molecule is O=C(O)C(Br)C(=O)CC1CC1. The summed E-state index contributed by atoms with van der Waals surface area (Å²) in [6.45, 7) is 0. The predicted molar refractivity (Wildman–Crippen MR) is 42.7 cm³/mol. The molecule has 1 unspecified atom stereocenters. The van der Waals surface area contributed by atoms with E-state index in [1.807, 2.05) is 0 Å². The lowest BCUT2D eigenvalue weighted by Gasteiger charge is -2.00. The molecule has 1 atom stereocenters. The highest BCUT2D eigenvalue weighted by Gasteiger charge is 2.30. The lowest BCUT2D eigenvalue weighted by Crippen LogP contribution is -2.23. The third-order valence-corrected chi connectivity index (χ3v) is 2.59. The highest BCUT2D eigenvalue weighted by Crippen LogP contribution is 2.33. The molecule has 0 aromatic rings. The number of carbonyl (C=O) groups excluding carboxylic acids is 1. The summed E-state index contributed by atoms with van der Waals surface area (Å²) >= 11 is 2.81. The largest absolute Gasteiger partial charge is 0.480 e. The van der Waals surface area contributed by atoms with Crippen LogP contribution in [0.15, 0.2) is 0 Å². The highest BCUT2D eigenvalue weighted by molar-refractivity contribution is 9.10. The first-order valence-electron chi connectivity index (χ1n) is 3.51. The number of rotatable bonds is 4. The van der Waals surface area contributed by atoms with Crippen molar-refractivity contribution >= 4 is 27.7 Å². The zero-order valence-corrected chi connectivity index (χ0v) is 7.50. The maximum absolute atomic E-state index is 11.0. The van der Waals surface area contributed by atoms with Gasteiger partial charge in [0.05, 0.1) is 0 Å². The van der Waals surface area contributed by atoms with Crippen molar-refractivity contribution in [3.8, 4) is 0 Å². The van der Waals surface area contributed by atoms with Gasteiger partial charge in [0.25, 0.3) is 0 Å². The molecule has 1 aliphatic rings. The van der Waals surface area contributed by atoms with Crippen LogP contribution < -0.4 is 0 Å². The molecule has 11 heavy (non-hydrogen) atoms. The monoisotopic (exact) mass is 220 g/mol. The van der Waals surface area contributed by atoms with Gasteiger partial charge in [-0.15, -0.1) is 0 Å². The molecule has 0 aromatic carbocycles. The van der Waals surface area contributed by atoms with Crippen molar-refractivity contribution in [2.24, 2.45) is 5.92 Å². The molecule has 0 amide bonds. The number of alkyl halides is 1. The van der Waals surface area contributed by atoms with E-state index < -0.39 is 10.8 Å². The molecule has 1 fully saturated rings. The normalized spacial score (nSPS) is 19.4. The molecule has 3 nitrogen and oxygen atoms in total. The van der Waals surface area contributed by atoms with Gasteiger partial charge in [-0.05, 0) is 18.8 Å². The van der Waals surface area contributed by atoms with Crippen molar-refractivity contribution < 1.29 is 14.7 Å². The zero-order chi connectivity index (χ0) is 8.43. The summed E-state index contributed by atoms with van der Waals surface area (Å²) in [6, 6.07) is 0. The summed E-state index contributed by atoms with van der Waals surface area (Å²) in [4.78, 5) is 20.3. The zero-order valence-electron chi connectivity index (χ0n) is 5.92. The van der Waals surface area contributed by atoms with Crippen LogP contribution >= 0.6 is 15.9 Å². The first-order valence-corrected chi connectivity index (χ1v) is 4.42. The molecule has 1 rings (SSSR count). The fourth-order valence-electron chi connectivity index (χ4n) is 0.848. The second-order valence-corrected chi connectivity index (χ2v) is 3.73. The minimum Gasteiger partial charge on any atom is -0.480 e. The minimum absolute atomic E-state index is 0.208. The topological polar surface area (TPSA) is 54.4 Å². The van der Waals surface area contributed by atoms with Crippen LogP contribution in [0, 0.1) is 5.92 Å². The average Bonchev–Trinajstić information content (AvgIpc) is 2.69. The van der Waals surface area contributed by atoms with Gasteiger partial charge in [-0.25, -0.2) is 0 Å². The number of aliphatic carboxylic acids is 1.